The van der Waals surface area contributed by atoms with Gasteiger partial charge in [-0.2, -0.15) is 0 Å². The molecule has 1 aliphatic heterocycles. The lowest BCUT2D eigenvalue weighted by Crippen LogP contribution is -3.14. The van der Waals surface area contributed by atoms with Gasteiger partial charge in [-0.15, -0.1) is 0 Å². The Hall–Kier alpha value is -2.42. The van der Waals surface area contributed by atoms with Gasteiger partial charge in [0.1, 0.15) is 18.6 Å². The summed E-state index contributed by atoms with van der Waals surface area (Å²) in [4.78, 5) is 1.71. The Kier molecular flexibility index (Phi) is 6.20. The summed E-state index contributed by atoms with van der Waals surface area (Å²) in [7, 11) is 0. The van der Waals surface area contributed by atoms with E-state index >= 15 is 0 Å². The third kappa shape index (κ3) is 4.70. The molecule has 1 fully saturated rings. The molecule has 2 heteroatoms. The van der Waals surface area contributed by atoms with E-state index in [4.69, 9.17) is 0 Å². The van der Waals surface area contributed by atoms with Crippen LogP contribution in [-0.2, 0) is 6.54 Å². The second-order valence-electron chi connectivity index (χ2n) is 8.23. The van der Waals surface area contributed by atoms with Crippen molar-refractivity contribution in [2.45, 2.75) is 37.9 Å². The smallest absolute Gasteiger partial charge is 0.109 e. The molecule has 1 saturated heterocycles. The van der Waals surface area contributed by atoms with Gasteiger partial charge in [-0.25, -0.2) is 0 Å². The highest BCUT2D eigenvalue weighted by atomic mass is 15.2. The van der Waals surface area contributed by atoms with Crippen LogP contribution in [0.15, 0.2) is 91.0 Å². The predicted molar refractivity (Wildman–Crippen MR) is 115 cm³/mol. The van der Waals surface area contributed by atoms with Gasteiger partial charge in [0, 0.05) is 17.5 Å². The Labute approximate surface area is 169 Å². The Morgan fingerprint density at radius 1 is 0.857 bits per heavy atom. The quantitative estimate of drug-likeness (QED) is 0.664. The minimum absolute atomic E-state index is 0.494. The maximum absolute atomic E-state index is 2.62. The van der Waals surface area contributed by atoms with Crippen molar-refractivity contribution in [3.63, 3.8) is 0 Å². The number of likely N-dealkylation sites (tertiary alicyclic amines) is 1. The molecule has 4 rings (SSSR count). The second kappa shape index (κ2) is 9.18. The van der Waals surface area contributed by atoms with Crippen molar-refractivity contribution in [2.24, 2.45) is 0 Å². The minimum atomic E-state index is 0.494. The zero-order chi connectivity index (χ0) is 19.2. The van der Waals surface area contributed by atoms with Crippen molar-refractivity contribution >= 4 is 0 Å². The second-order valence-corrected chi connectivity index (χ2v) is 8.23. The summed E-state index contributed by atoms with van der Waals surface area (Å²) < 4.78 is 0. The average molecular weight is 373 g/mol. The number of nitrogens with two attached hydrogens (primary N) is 1. The third-order valence-corrected chi connectivity index (χ3v) is 6.24. The fraction of sp³-hybridized carbons (Fsp3) is 0.308. The molecular formula is C26H32N2+2. The van der Waals surface area contributed by atoms with Gasteiger partial charge in [0.05, 0.1) is 19.0 Å². The molecule has 2 nitrogen and oxygen atoms in total. The van der Waals surface area contributed by atoms with Crippen LogP contribution < -0.4 is 10.2 Å². The molecule has 1 heterocycles. The topological polar surface area (TPSA) is 21.1 Å². The summed E-state index contributed by atoms with van der Waals surface area (Å²) in [5.74, 6) is 0.597. The van der Waals surface area contributed by atoms with Crippen LogP contribution in [0.3, 0.4) is 0 Å². The van der Waals surface area contributed by atoms with Crippen LogP contribution in [0.25, 0.3) is 0 Å². The first-order valence-electron chi connectivity index (χ1n) is 10.6. The van der Waals surface area contributed by atoms with Gasteiger partial charge in [-0.1, -0.05) is 91.0 Å². The van der Waals surface area contributed by atoms with E-state index in [1.807, 2.05) is 0 Å². The molecule has 4 atom stereocenters. The number of quaternary nitrogens is 2. The van der Waals surface area contributed by atoms with Gasteiger partial charge < -0.3 is 10.2 Å². The molecule has 0 amide bonds. The van der Waals surface area contributed by atoms with E-state index in [1.54, 1.807) is 4.90 Å². The van der Waals surface area contributed by atoms with Crippen molar-refractivity contribution in [3.05, 3.63) is 108 Å². The fourth-order valence-corrected chi connectivity index (χ4v) is 4.72. The Morgan fingerprint density at radius 2 is 1.46 bits per heavy atom. The highest BCUT2D eigenvalue weighted by molar-refractivity contribution is 5.22. The van der Waals surface area contributed by atoms with Crippen molar-refractivity contribution in [1.29, 1.82) is 0 Å². The van der Waals surface area contributed by atoms with E-state index in [0.29, 0.717) is 18.0 Å². The first-order chi connectivity index (χ1) is 13.8. The lowest BCUT2D eigenvalue weighted by molar-refractivity contribution is -0.929. The summed E-state index contributed by atoms with van der Waals surface area (Å²) in [6, 6.07) is 34.2. The summed E-state index contributed by atoms with van der Waals surface area (Å²) >= 11 is 0. The molecule has 144 valence electrons. The molecular weight excluding hydrogens is 340 g/mol. The number of hydrogen-bond donors (Lipinski definition) is 2. The highest BCUT2D eigenvalue weighted by Gasteiger charge is 2.36. The molecule has 28 heavy (non-hydrogen) atoms. The first kappa shape index (κ1) is 18.9. The molecule has 0 saturated carbocycles. The van der Waals surface area contributed by atoms with Gasteiger partial charge in [0.15, 0.2) is 0 Å². The summed E-state index contributed by atoms with van der Waals surface area (Å²) in [6.07, 6.45) is 1.26. The van der Waals surface area contributed by atoms with Crippen molar-refractivity contribution in [1.82, 2.24) is 0 Å². The van der Waals surface area contributed by atoms with Crippen LogP contribution in [0, 0.1) is 0 Å². The van der Waals surface area contributed by atoms with Crippen LogP contribution in [-0.4, -0.2) is 19.1 Å². The van der Waals surface area contributed by atoms with Crippen molar-refractivity contribution in [2.75, 3.05) is 13.1 Å². The molecule has 3 N–H and O–H groups in total. The van der Waals surface area contributed by atoms with E-state index in [1.165, 1.54) is 36.2 Å². The molecule has 0 spiro atoms. The zero-order valence-corrected chi connectivity index (χ0v) is 16.8. The van der Waals surface area contributed by atoms with E-state index in [2.05, 4.69) is 103 Å². The number of hydrogen-bond acceptors (Lipinski definition) is 0. The Bertz CT molecular complexity index is 832. The molecule has 3 aromatic rings. The van der Waals surface area contributed by atoms with E-state index in [-0.39, 0.29) is 0 Å². The number of rotatable bonds is 6. The lowest BCUT2D eigenvalue weighted by Gasteiger charge is -2.36. The van der Waals surface area contributed by atoms with Gasteiger partial charge in [0.2, 0.25) is 0 Å². The van der Waals surface area contributed by atoms with Crippen LogP contribution in [0.2, 0.25) is 0 Å². The highest BCUT2D eigenvalue weighted by Crippen LogP contribution is 2.21. The lowest BCUT2D eigenvalue weighted by atomic mass is 9.85. The van der Waals surface area contributed by atoms with Gasteiger partial charge in [-0.3, -0.25) is 0 Å². The molecule has 0 aliphatic carbocycles. The van der Waals surface area contributed by atoms with Gasteiger partial charge in [-0.05, 0) is 12.5 Å². The van der Waals surface area contributed by atoms with Gasteiger partial charge in [0.25, 0.3) is 0 Å². The van der Waals surface area contributed by atoms with E-state index < -0.39 is 0 Å². The predicted octanol–water partition coefficient (Wildman–Crippen LogP) is 2.95. The average Bonchev–Trinajstić information content (AvgIpc) is 2.77. The summed E-state index contributed by atoms with van der Waals surface area (Å²) in [5, 5.41) is 2.62. The molecule has 3 aromatic carbocycles. The first-order valence-corrected chi connectivity index (χ1v) is 10.6. The number of benzene rings is 3. The van der Waals surface area contributed by atoms with E-state index in [0.717, 1.165) is 6.54 Å². The normalized spacial score (nSPS) is 23.2. The monoisotopic (exact) mass is 372 g/mol. The zero-order valence-electron chi connectivity index (χ0n) is 16.8. The summed E-state index contributed by atoms with van der Waals surface area (Å²) in [6.45, 7) is 5.94. The van der Waals surface area contributed by atoms with Crippen LogP contribution in [0.4, 0.5) is 0 Å². The molecule has 1 unspecified atom stereocenters. The minimum Gasteiger partial charge on any atom is -0.337 e. The van der Waals surface area contributed by atoms with Crippen molar-refractivity contribution < 1.29 is 10.2 Å². The van der Waals surface area contributed by atoms with Crippen LogP contribution >= 0.6 is 0 Å². The van der Waals surface area contributed by atoms with Crippen LogP contribution in [0.5, 0.6) is 0 Å². The van der Waals surface area contributed by atoms with E-state index in [9.17, 15) is 0 Å². The van der Waals surface area contributed by atoms with Gasteiger partial charge >= 0.3 is 0 Å². The fourth-order valence-electron chi connectivity index (χ4n) is 4.72. The Morgan fingerprint density at radius 3 is 2.14 bits per heavy atom. The Balaban J connectivity index is 1.50. The maximum atomic E-state index is 2.62. The number of piperidine rings is 1. The van der Waals surface area contributed by atoms with Crippen molar-refractivity contribution in [3.8, 4) is 0 Å². The molecule has 0 radical (unpaired) electrons. The van der Waals surface area contributed by atoms with Crippen LogP contribution in [0.1, 0.15) is 42.0 Å². The maximum Gasteiger partial charge on any atom is 0.109 e. The SMILES string of the molecule is C[C@@H]([NH2+][C@H]1CC[NH+](Cc2ccccc2)C[C@@H]1c1ccccc1)c1ccccc1. The summed E-state index contributed by atoms with van der Waals surface area (Å²) in [5.41, 5.74) is 4.37. The largest absolute Gasteiger partial charge is 0.337 e. The standard InChI is InChI=1S/C26H30N2/c1-21(23-13-7-3-8-14-23)27-26-17-18-28(19-22-11-5-2-6-12-22)20-25(26)24-15-9-4-10-16-24/h2-16,21,25-27H,17-20H2,1H3/p+2/t21-,25-,26+/m1/s1. The molecule has 0 aromatic heterocycles. The molecule has 1 aliphatic rings. The molecule has 0 bridgehead atoms. The third-order valence-electron chi connectivity index (χ3n) is 6.24. The number of nitrogens with one attached hydrogen (secondary N) is 1.